The number of amides is 1. The molecule has 0 spiro atoms. The number of aryl methyl sites for hydroxylation is 1. The average molecular weight is 310 g/mol. The molecule has 0 unspecified atom stereocenters. The fourth-order valence-electron chi connectivity index (χ4n) is 3.71. The third-order valence-corrected chi connectivity index (χ3v) is 5.32. The minimum absolute atomic E-state index is 0.330. The lowest BCUT2D eigenvalue weighted by Gasteiger charge is -2.36. The van der Waals surface area contributed by atoms with Crippen LogP contribution in [0.2, 0.25) is 0 Å². The largest absolute Gasteiger partial charge is 0.337 e. The van der Waals surface area contributed by atoms with Crippen molar-refractivity contribution in [1.29, 1.82) is 5.26 Å². The number of hydrogen-bond donors (Lipinski definition) is 0. The smallest absolute Gasteiger partial charge is 0.223 e. The Morgan fingerprint density at radius 3 is 2.17 bits per heavy atom. The van der Waals surface area contributed by atoms with Gasteiger partial charge >= 0.3 is 0 Å². The van der Waals surface area contributed by atoms with Crippen molar-refractivity contribution in [2.24, 2.45) is 5.92 Å². The third-order valence-electron chi connectivity index (χ3n) is 5.32. The topological polar surface area (TPSA) is 44.1 Å². The average Bonchev–Trinajstić information content (AvgIpc) is 3.40. The maximum atomic E-state index is 12.8. The van der Waals surface area contributed by atoms with Crippen LogP contribution in [0.5, 0.6) is 0 Å². The first-order chi connectivity index (χ1) is 11.2. The SMILES string of the molecule is CC1CCC(N(C(=O)CCc2ccc(C#N)cc2)C2CC2)CC1. The van der Waals surface area contributed by atoms with Crippen LogP contribution in [0.25, 0.3) is 0 Å². The highest BCUT2D eigenvalue weighted by Gasteiger charge is 2.37. The van der Waals surface area contributed by atoms with Crippen molar-refractivity contribution in [3.8, 4) is 6.07 Å². The molecular formula is C20H26N2O. The predicted molar refractivity (Wildman–Crippen MR) is 90.8 cm³/mol. The fraction of sp³-hybridized carbons (Fsp3) is 0.600. The van der Waals surface area contributed by atoms with E-state index in [1.54, 1.807) is 0 Å². The molecule has 0 atom stereocenters. The molecule has 3 rings (SSSR count). The van der Waals surface area contributed by atoms with E-state index in [2.05, 4.69) is 17.9 Å². The van der Waals surface area contributed by atoms with Gasteiger partial charge in [0.25, 0.3) is 0 Å². The van der Waals surface area contributed by atoms with Crippen LogP contribution in [-0.4, -0.2) is 22.9 Å². The molecule has 3 nitrogen and oxygen atoms in total. The molecule has 3 heteroatoms. The van der Waals surface area contributed by atoms with E-state index in [0.717, 1.165) is 17.9 Å². The van der Waals surface area contributed by atoms with E-state index < -0.39 is 0 Å². The molecular weight excluding hydrogens is 284 g/mol. The second-order valence-electron chi connectivity index (χ2n) is 7.25. The molecule has 1 aromatic carbocycles. The highest BCUT2D eigenvalue weighted by atomic mass is 16.2. The highest BCUT2D eigenvalue weighted by Crippen LogP contribution is 2.35. The van der Waals surface area contributed by atoms with Gasteiger partial charge in [-0.15, -0.1) is 0 Å². The highest BCUT2D eigenvalue weighted by molar-refractivity contribution is 5.77. The van der Waals surface area contributed by atoms with Gasteiger partial charge in [-0.3, -0.25) is 4.79 Å². The number of rotatable bonds is 5. The molecule has 0 saturated heterocycles. The van der Waals surface area contributed by atoms with E-state index in [1.807, 2.05) is 24.3 Å². The summed E-state index contributed by atoms with van der Waals surface area (Å²) in [4.78, 5) is 15.0. The molecule has 0 aromatic heterocycles. The van der Waals surface area contributed by atoms with Crippen LogP contribution in [0.4, 0.5) is 0 Å². The van der Waals surface area contributed by atoms with Crippen molar-refractivity contribution >= 4 is 5.91 Å². The molecule has 1 amide bonds. The summed E-state index contributed by atoms with van der Waals surface area (Å²) in [6.07, 6.45) is 8.63. The van der Waals surface area contributed by atoms with Crippen LogP contribution in [0.15, 0.2) is 24.3 Å². The quantitative estimate of drug-likeness (QED) is 0.823. The van der Waals surface area contributed by atoms with Crippen molar-refractivity contribution in [2.75, 3.05) is 0 Å². The van der Waals surface area contributed by atoms with Gasteiger partial charge in [0.2, 0.25) is 5.91 Å². The van der Waals surface area contributed by atoms with E-state index >= 15 is 0 Å². The van der Waals surface area contributed by atoms with Crippen LogP contribution in [0.3, 0.4) is 0 Å². The Morgan fingerprint density at radius 2 is 1.65 bits per heavy atom. The van der Waals surface area contributed by atoms with E-state index in [9.17, 15) is 4.79 Å². The first-order valence-electron chi connectivity index (χ1n) is 8.97. The fourth-order valence-corrected chi connectivity index (χ4v) is 3.71. The summed E-state index contributed by atoms with van der Waals surface area (Å²) in [5, 5.41) is 8.84. The molecule has 2 aliphatic carbocycles. The van der Waals surface area contributed by atoms with E-state index in [-0.39, 0.29) is 0 Å². The van der Waals surface area contributed by atoms with Gasteiger partial charge < -0.3 is 4.90 Å². The normalized spacial score (nSPS) is 24.0. The van der Waals surface area contributed by atoms with Gasteiger partial charge in [-0.2, -0.15) is 5.26 Å². The lowest BCUT2D eigenvalue weighted by Crippen LogP contribution is -2.43. The number of nitriles is 1. The third kappa shape index (κ3) is 4.13. The minimum atomic E-state index is 0.330. The first-order valence-corrected chi connectivity index (χ1v) is 8.97. The standard InChI is InChI=1S/C20H26N2O/c1-15-2-9-18(10-3-15)22(19-11-12-19)20(23)13-8-16-4-6-17(14-21)7-5-16/h4-7,15,18-19H,2-3,8-13H2,1H3. The second kappa shape index (κ2) is 7.17. The van der Waals surface area contributed by atoms with Gasteiger partial charge in [0, 0.05) is 18.5 Å². The summed E-state index contributed by atoms with van der Waals surface area (Å²) in [6.45, 7) is 2.32. The molecule has 0 radical (unpaired) electrons. The van der Waals surface area contributed by atoms with Crippen molar-refractivity contribution in [3.63, 3.8) is 0 Å². The zero-order valence-electron chi connectivity index (χ0n) is 14.0. The monoisotopic (exact) mass is 310 g/mol. The summed E-state index contributed by atoms with van der Waals surface area (Å²) in [5.74, 6) is 1.15. The van der Waals surface area contributed by atoms with Crippen molar-refractivity contribution in [1.82, 2.24) is 4.90 Å². The Kier molecular flexibility index (Phi) is 5.00. The van der Waals surface area contributed by atoms with Crippen molar-refractivity contribution in [2.45, 2.75) is 70.4 Å². The van der Waals surface area contributed by atoms with Gasteiger partial charge in [-0.1, -0.05) is 19.1 Å². The summed E-state index contributed by atoms with van der Waals surface area (Å²) in [5.41, 5.74) is 1.82. The number of hydrogen-bond acceptors (Lipinski definition) is 2. The van der Waals surface area contributed by atoms with Gasteiger partial charge in [0.15, 0.2) is 0 Å². The summed E-state index contributed by atoms with van der Waals surface area (Å²) in [7, 11) is 0. The lowest BCUT2D eigenvalue weighted by molar-refractivity contribution is -0.135. The maximum Gasteiger partial charge on any atom is 0.223 e. The Bertz CT molecular complexity index is 575. The molecule has 2 saturated carbocycles. The summed E-state index contributed by atoms with van der Waals surface area (Å²) >= 11 is 0. The molecule has 1 aromatic rings. The molecule has 2 aliphatic rings. The van der Waals surface area contributed by atoms with Gasteiger partial charge in [-0.05, 0) is 68.6 Å². The number of carbonyl (C=O) groups is 1. The van der Waals surface area contributed by atoms with Crippen LogP contribution in [-0.2, 0) is 11.2 Å². The molecule has 0 N–H and O–H groups in total. The lowest BCUT2D eigenvalue weighted by atomic mass is 9.86. The van der Waals surface area contributed by atoms with Gasteiger partial charge in [-0.25, -0.2) is 0 Å². The van der Waals surface area contributed by atoms with Gasteiger partial charge in [0.05, 0.1) is 11.6 Å². The molecule has 122 valence electrons. The molecule has 0 aliphatic heterocycles. The zero-order valence-corrected chi connectivity index (χ0v) is 14.0. The molecule has 0 heterocycles. The van der Waals surface area contributed by atoms with Crippen molar-refractivity contribution < 1.29 is 4.79 Å². The van der Waals surface area contributed by atoms with Crippen LogP contribution >= 0.6 is 0 Å². The predicted octanol–water partition coefficient (Wildman–Crippen LogP) is 4.06. The molecule has 0 bridgehead atoms. The number of benzene rings is 1. The van der Waals surface area contributed by atoms with E-state index in [4.69, 9.17) is 5.26 Å². The summed E-state index contributed by atoms with van der Waals surface area (Å²) in [6, 6.07) is 10.7. The Morgan fingerprint density at radius 1 is 1.09 bits per heavy atom. The molecule has 2 fully saturated rings. The number of nitrogens with zero attached hydrogens (tertiary/aromatic N) is 2. The zero-order chi connectivity index (χ0) is 16.2. The first kappa shape index (κ1) is 16.1. The molecule has 23 heavy (non-hydrogen) atoms. The van der Waals surface area contributed by atoms with Crippen LogP contribution in [0.1, 0.15) is 63.0 Å². The Hall–Kier alpha value is -1.82. The summed E-state index contributed by atoms with van der Waals surface area (Å²) < 4.78 is 0. The Labute approximate surface area is 139 Å². The number of carbonyl (C=O) groups excluding carboxylic acids is 1. The maximum absolute atomic E-state index is 12.8. The van der Waals surface area contributed by atoms with E-state index in [1.165, 1.54) is 38.5 Å². The van der Waals surface area contributed by atoms with Gasteiger partial charge in [0.1, 0.15) is 0 Å². The second-order valence-corrected chi connectivity index (χ2v) is 7.25. The minimum Gasteiger partial charge on any atom is -0.337 e. The van der Waals surface area contributed by atoms with Crippen LogP contribution in [0, 0.1) is 17.2 Å². The van der Waals surface area contributed by atoms with Crippen LogP contribution < -0.4 is 0 Å². The van der Waals surface area contributed by atoms with E-state index in [0.29, 0.717) is 30.0 Å². The van der Waals surface area contributed by atoms with Crippen molar-refractivity contribution in [3.05, 3.63) is 35.4 Å². The Balaban J connectivity index is 1.57.